The van der Waals surface area contributed by atoms with Crippen LogP contribution in [0.5, 0.6) is 0 Å². The highest BCUT2D eigenvalue weighted by Gasteiger charge is 2.40. The minimum Gasteiger partial charge on any atom is -0.309 e. The maximum Gasteiger partial charge on any atom is 0.0622 e. The van der Waals surface area contributed by atoms with Gasteiger partial charge in [-0.1, -0.05) is 111 Å². The van der Waals surface area contributed by atoms with E-state index in [0.29, 0.717) is 0 Å². The van der Waals surface area contributed by atoms with Gasteiger partial charge in [-0.05, 0) is 70.8 Å². The molecule has 3 heteroatoms. The third kappa shape index (κ3) is 3.17. The molecule has 2 nitrogen and oxygen atoms in total. The first-order valence-corrected chi connectivity index (χ1v) is 15.4. The molecule has 1 aliphatic heterocycles. The highest BCUT2D eigenvalue weighted by molar-refractivity contribution is 7.99. The minimum atomic E-state index is -0.0763. The van der Waals surface area contributed by atoms with Gasteiger partial charge in [-0.2, -0.15) is 0 Å². The Hall–Kier alpha value is -4.73. The molecule has 1 aromatic heterocycles. The lowest BCUT2D eigenvalue weighted by molar-refractivity contribution is 0.647. The maximum atomic E-state index is 2.47. The average molecular weight is 557 g/mol. The molecular weight excluding hydrogens is 529 g/mol. The normalized spacial score (nSPS) is 14.5. The van der Waals surface area contributed by atoms with Crippen LogP contribution in [0.3, 0.4) is 0 Å². The van der Waals surface area contributed by atoms with Crippen molar-refractivity contribution in [3.05, 3.63) is 145 Å². The van der Waals surface area contributed by atoms with Crippen molar-refractivity contribution in [3.63, 3.8) is 0 Å². The fourth-order valence-corrected chi connectivity index (χ4v) is 8.64. The molecule has 6 aromatic carbocycles. The molecule has 0 saturated heterocycles. The van der Waals surface area contributed by atoms with Gasteiger partial charge in [-0.25, -0.2) is 0 Å². The zero-order chi connectivity index (χ0) is 28.0. The van der Waals surface area contributed by atoms with E-state index >= 15 is 0 Å². The molecule has 0 saturated carbocycles. The molecule has 0 amide bonds. The smallest absolute Gasteiger partial charge is 0.0622 e. The van der Waals surface area contributed by atoms with Crippen LogP contribution in [-0.2, 0) is 5.41 Å². The lowest BCUT2D eigenvalue weighted by Crippen LogP contribution is -2.20. The third-order valence-electron chi connectivity index (χ3n) is 9.14. The van der Waals surface area contributed by atoms with E-state index in [0.717, 1.165) is 0 Å². The number of nitrogens with zero attached hydrogens (tertiary/aromatic N) is 2. The zero-order valence-electron chi connectivity index (χ0n) is 23.5. The number of fused-ring (bicyclic) bond motifs is 9. The van der Waals surface area contributed by atoms with Crippen molar-refractivity contribution in [2.45, 2.75) is 29.1 Å². The summed E-state index contributed by atoms with van der Waals surface area (Å²) in [4.78, 5) is 5.10. The average Bonchev–Trinajstić information content (AvgIpc) is 3.49. The van der Waals surface area contributed by atoms with E-state index in [1.54, 1.807) is 0 Å². The number of aromatic nitrogens is 1. The van der Waals surface area contributed by atoms with Crippen LogP contribution in [0.1, 0.15) is 25.0 Å². The summed E-state index contributed by atoms with van der Waals surface area (Å²) in [5, 5.41) is 2.56. The van der Waals surface area contributed by atoms with E-state index in [1.165, 1.54) is 76.6 Å². The van der Waals surface area contributed by atoms with Crippen molar-refractivity contribution in [2.75, 3.05) is 4.90 Å². The Balaban J connectivity index is 1.30. The van der Waals surface area contributed by atoms with Crippen molar-refractivity contribution in [2.24, 2.45) is 0 Å². The molecule has 0 unspecified atom stereocenters. The summed E-state index contributed by atoms with van der Waals surface area (Å²) in [5.41, 5.74) is 12.8. The van der Waals surface area contributed by atoms with Crippen LogP contribution in [0.25, 0.3) is 38.6 Å². The quantitative estimate of drug-likeness (QED) is 0.209. The van der Waals surface area contributed by atoms with Crippen LogP contribution in [0.15, 0.2) is 143 Å². The summed E-state index contributed by atoms with van der Waals surface area (Å²) >= 11 is 1.92. The van der Waals surface area contributed by atoms with Crippen molar-refractivity contribution in [1.29, 1.82) is 0 Å². The molecule has 0 N–H and O–H groups in total. The van der Waals surface area contributed by atoms with Gasteiger partial charge in [0, 0.05) is 37.4 Å². The Labute approximate surface area is 249 Å². The Bertz CT molecular complexity index is 2150. The van der Waals surface area contributed by atoms with Gasteiger partial charge in [0.2, 0.25) is 0 Å². The molecule has 0 radical (unpaired) electrons. The van der Waals surface area contributed by atoms with Gasteiger partial charge < -0.3 is 9.47 Å². The number of anilines is 3. The van der Waals surface area contributed by atoms with Crippen LogP contribution in [0.4, 0.5) is 17.1 Å². The molecule has 0 fully saturated rings. The summed E-state index contributed by atoms with van der Waals surface area (Å²) in [5.74, 6) is 0. The molecule has 200 valence electrons. The SMILES string of the molecule is CC1(C)c2ccccc2-c2ccc3c(c21)Sc1ccc(-n2c4ccccc4c4ccccc42)cc1N3c1ccccc1. The number of hydrogen-bond donors (Lipinski definition) is 0. The predicted octanol–water partition coefficient (Wildman–Crippen LogP) is 11.0. The fraction of sp³-hybridized carbons (Fsp3) is 0.0769. The Morgan fingerprint density at radius 3 is 1.98 bits per heavy atom. The summed E-state index contributed by atoms with van der Waals surface area (Å²) in [6.45, 7) is 4.76. The molecular formula is C39H28N2S. The van der Waals surface area contributed by atoms with Crippen LogP contribution >= 0.6 is 11.8 Å². The van der Waals surface area contributed by atoms with E-state index in [4.69, 9.17) is 0 Å². The van der Waals surface area contributed by atoms with Gasteiger partial charge in [-0.15, -0.1) is 0 Å². The highest BCUT2D eigenvalue weighted by atomic mass is 32.2. The third-order valence-corrected chi connectivity index (χ3v) is 10.3. The van der Waals surface area contributed by atoms with E-state index < -0.39 is 0 Å². The van der Waals surface area contributed by atoms with Crippen molar-refractivity contribution >= 4 is 50.6 Å². The van der Waals surface area contributed by atoms with Gasteiger partial charge in [0.05, 0.1) is 22.4 Å². The first kappa shape index (κ1) is 23.9. The predicted molar refractivity (Wildman–Crippen MR) is 177 cm³/mol. The number of benzene rings is 6. The maximum absolute atomic E-state index is 2.47. The summed E-state index contributed by atoms with van der Waals surface area (Å²) < 4.78 is 2.41. The Morgan fingerprint density at radius 1 is 0.548 bits per heavy atom. The first-order valence-electron chi connectivity index (χ1n) is 14.5. The summed E-state index contributed by atoms with van der Waals surface area (Å²) in [7, 11) is 0. The monoisotopic (exact) mass is 556 g/mol. The van der Waals surface area contributed by atoms with E-state index in [-0.39, 0.29) is 5.41 Å². The molecule has 0 spiro atoms. The Kier molecular flexibility index (Phi) is 4.92. The van der Waals surface area contributed by atoms with Crippen molar-refractivity contribution in [3.8, 4) is 16.8 Å². The molecule has 0 atom stereocenters. The number of para-hydroxylation sites is 3. The van der Waals surface area contributed by atoms with Gasteiger partial charge >= 0.3 is 0 Å². The molecule has 2 aliphatic rings. The van der Waals surface area contributed by atoms with E-state index in [1.807, 2.05) is 11.8 Å². The summed E-state index contributed by atoms with van der Waals surface area (Å²) in [6.07, 6.45) is 0. The lowest BCUT2D eigenvalue weighted by atomic mass is 9.82. The van der Waals surface area contributed by atoms with Crippen LogP contribution in [-0.4, -0.2) is 4.57 Å². The lowest BCUT2D eigenvalue weighted by Gasteiger charge is -2.36. The van der Waals surface area contributed by atoms with E-state index in [9.17, 15) is 0 Å². The summed E-state index contributed by atoms with van der Waals surface area (Å²) in [6, 6.07) is 48.9. The standard InChI is InChI=1S/C39H28N2S/c1-39(2)31-17-9-6-14-27(31)30-21-22-34-38(37(30)39)42-36-23-20-26(24-35(36)40(34)25-12-4-3-5-13-25)41-32-18-10-7-15-28(32)29-16-8-11-19-33(29)41/h3-24H,1-2H3. The second-order valence-corrected chi connectivity index (χ2v) is 12.9. The van der Waals surface area contributed by atoms with Crippen molar-refractivity contribution < 1.29 is 0 Å². The molecule has 0 bridgehead atoms. The minimum absolute atomic E-state index is 0.0763. The topological polar surface area (TPSA) is 8.17 Å². The Morgan fingerprint density at radius 2 is 1.21 bits per heavy atom. The van der Waals surface area contributed by atoms with Gasteiger partial charge in [0.1, 0.15) is 0 Å². The van der Waals surface area contributed by atoms with Crippen molar-refractivity contribution in [1.82, 2.24) is 4.57 Å². The van der Waals surface area contributed by atoms with Crippen LogP contribution in [0.2, 0.25) is 0 Å². The number of hydrogen-bond acceptors (Lipinski definition) is 2. The molecule has 1 aliphatic carbocycles. The largest absolute Gasteiger partial charge is 0.309 e. The molecule has 42 heavy (non-hydrogen) atoms. The number of rotatable bonds is 2. The second kappa shape index (κ2) is 8.64. The van der Waals surface area contributed by atoms with Crippen LogP contribution < -0.4 is 4.90 Å². The van der Waals surface area contributed by atoms with Gasteiger partial charge in [-0.3, -0.25) is 0 Å². The fourth-order valence-electron chi connectivity index (χ4n) is 7.30. The zero-order valence-corrected chi connectivity index (χ0v) is 24.3. The van der Waals surface area contributed by atoms with Crippen LogP contribution in [0, 0.1) is 0 Å². The highest BCUT2D eigenvalue weighted by Crippen LogP contribution is 2.60. The first-order chi connectivity index (χ1) is 20.6. The molecule has 7 aromatic rings. The molecule has 2 heterocycles. The van der Waals surface area contributed by atoms with Gasteiger partial charge in [0.15, 0.2) is 0 Å². The van der Waals surface area contributed by atoms with E-state index in [2.05, 4.69) is 157 Å². The second-order valence-electron chi connectivity index (χ2n) is 11.8. The van der Waals surface area contributed by atoms with Gasteiger partial charge in [0.25, 0.3) is 0 Å². The molecule has 9 rings (SSSR count).